The lowest BCUT2D eigenvalue weighted by atomic mass is 10.1. The van der Waals surface area contributed by atoms with Crippen LogP contribution in [0.1, 0.15) is 22.3 Å². The second-order valence-electron chi connectivity index (χ2n) is 5.41. The maximum absolute atomic E-state index is 11.9. The minimum Gasteiger partial charge on any atom is -0.325 e. The highest BCUT2D eigenvalue weighted by Gasteiger charge is 2.04. The molecule has 0 atom stereocenters. The maximum Gasteiger partial charge on any atom is 0.234 e. The van der Waals surface area contributed by atoms with Crippen molar-refractivity contribution in [2.75, 3.05) is 11.1 Å². The van der Waals surface area contributed by atoms with E-state index in [-0.39, 0.29) is 5.91 Å². The number of aryl methyl sites for hydroxylation is 3. The average molecular weight is 299 g/mol. The zero-order valence-electron chi connectivity index (χ0n) is 12.8. The van der Waals surface area contributed by atoms with Crippen molar-refractivity contribution >= 4 is 23.4 Å². The Morgan fingerprint density at radius 1 is 1.00 bits per heavy atom. The first-order chi connectivity index (χ1) is 10.0. The highest BCUT2D eigenvalue weighted by Crippen LogP contribution is 2.16. The van der Waals surface area contributed by atoms with E-state index in [1.54, 1.807) is 11.8 Å². The second kappa shape index (κ2) is 7.32. The van der Waals surface area contributed by atoms with Crippen molar-refractivity contribution in [3.05, 3.63) is 64.7 Å². The quantitative estimate of drug-likeness (QED) is 0.881. The molecule has 2 aromatic rings. The molecule has 0 spiro atoms. The van der Waals surface area contributed by atoms with Gasteiger partial charge in [0.2, 0.25) is 5.91 Å². The van der Waals surface area contributed by atoms with Crippen LogP contribution in [-0.2, 0) is 10.5 Å². The molecule has 2 rings (SSSR count). The van der Waals surface area contributed by atoms with Crippen molar-refractivity contribution in [3.8, 4) is 0 Å². The van der Waals surface area contributed by atoms with Crippen LogP contribution in [0.3, 0.4) is 0 Å². The van der Waals surface area contributed by atoms with Crippen LogP contribution >= 0.6 is 11.8 Å². The number of nitrogens with one attached hydrogen (secondary N) is 1. The molecular weight excluding hydrogens is 278 g/mol. The van der Waals surface area contributed by atoms with Gasteiger partial charge in [0.05, 0.1) is 5.75 Å². The Morgan fingerprint density at radius 2 is 1.71 bits per heavy atom. The Kier molecular flexibility index (Phi) is 5.45. The lowest BCUT2D eigenvalue weighted by molar-refractivity contribution is -0.113. The van der Waals surface area contributed by atoms with Crippen LogP contribution in [0.5, 0.6) is 0 Å². The lowest BCUT2D eigenvalue weighted by Gasteiger charge is -2.07. The van der Waals surface area contributed by atoms with E-state index in [2.05, 4.69) is 37.4 Å². The van der Waals surface area contributed by atoms with E-state index in [0.717, 1.165) is 17.0 Å². The molecule has 0 fully saturated rings. The van der Waals surface area contributed by atoms with Crippen molar-refractivity contribution in [2.24, 2.45) is 0 Å². The van der Waals surface area contributed by atoms with Crippen molar-refractivity contribution in [3.63, 3.8) is 0 Å². The highest BCUT2D eigenvalue weighted by atomic mass is 32.2. The molecule has 0 radical (unpaired) electrons. The fraction of sp³-hybridized carbons (Fsp3) is 0.278. The smallest absolute Gasteiger partial charge is 0.234 e. The second-order valence-corrected chi connectivity index (χ2v) is 6.39. The summed E-state index contributed by atoms with van der Waals surface area (Å²) in [5.74, 6) is 1.39. The Morgan fingerprint density at radius 3 is 2.38 bits per heavy atom. The summed E-state index contributed by atoms with van der Waals surface area (Å²) in [5, 5.41) is 2.93. The third kappa shape index (κ3) is 5.27. The summed E-state index contributed by atoms with van der Waals surface area (Å²) >= 11 is 1.64. The number of anilines is 1. The predicted octanol–water partition coefficient (Wildman–Crippen LogP) is 4.48. The Bertz CT molecular complexity index is 617. The van der Waals surface area contributed by atoms with Gasteiger partial charge < -0.3 is 5.32 Å². The summed E-state index contributed by atoms with van der Waals surface area (Å²) < 4.78 is 0. The number of hydrogen-bond acceptors (Lipinski definition) is 2. The summed E-state index contributed by atoms with van der Waals surface area (Å²) in [6.07, 6.45) is 0. The molecule has 110 valence electrons. The van der Waals surface area contributed by atoms with Crippen molar-refractivity contribution in [2.45, 2.75) is 26.5 Å². The molecule has 1 N–H and O–H groups in total. The summed E-state index contributed by atoms with van der Waals surface area (Å²) in [6, 6.07) is 14.4. The van der Waals surface area contributed by atoms with Crippen LogP contribution in [-0.4, -0.2) is 11.7 Å². The SMILES string of the molecule is Cc1cc(C)cc(CSCC(=O)Nc2cccc(C)c2)c1. The summed E-state index contributed by atoms with van der Waals surface area (Å²) in [5.41, 5.74) is 5.84. The fourth-order valence-corrected chi connectivity index (χ4v) is 3.10. The van der Waals surface area contributed by atoms with Gasteiger partial charge in [0, 0.05) is 11.4 Å². The molecule has 1 amide bonds. The van der Waals surface area contributed by atoms with E-state index in [1.807, 2.05) is 31.2 Å². The van der Waals surface area contributed by atoms with Crippen molar-refractivity contribution in [1.29, 1.82) is 0 Å². The molecule has 0 aliphatic carbocycles. The minimum atomic E-state index is 0.0509. The number of benzene rings is 2. The number of rotatable bonds is 5. The monoisotopic (exact) mass is 299 g/mol. The minimum absolute atomic E-state index is 0.0509. The van der Waals surface area contributed by atoms with Crippen LogP contribution in [0, 0.1) is 20.8 Å². The van der Waals surface area contributed by atoms with Crippen LogP contribution in [0.25, 0.3) is 0 Å². The largest absolute Gasteiger partial charge is 0.325 e. The van der Waals surface area contributed by atoms with E-state index >= 15 is 0 Å². The highest BCUT2D eigenvalue weighted by molar-refractivity contribution is 7.99. The number of hydrogen-bond donors (Lipinski definition) is 1. The molecule has 3 heteroatoms. The van der Waals surface area contributed by atoms with Gasteiger partial charge in [0.15, 0.2) is 0 Å². The lowest BCUT2D eigenvalue weighted by Crippen LogP contribution is -2.14. The third-order valence-electron chi connectivity index (χ3n) is 3.09. The Hall–Kier alpha value is -1.74. The number of carbonyl (C=O) groups excluding carboxylic acids is 1. The van der Waals surface area contributed by atoms with Crippen LogP contribution in [0.4, 0.5) is 5.69 Å². The molecule has 2 aromatic carbocycles. The number of amides is 1. The fourth-order valence-electron chi connectivity index (χ4n) is 2.33. The molecule has 2 nitrogen and oxygen atoms in total. The van der Waals surface area contributed by atoms with Gasteiger partial charge in [0.25, 0.3) is 0 Å². The van der Waals surface area contributed by atoms with Crippen LogP contribution in [0.2, 0.25) is 0 Å². The molecule has 0 unspecified atom stereocenters. The van der Waals surface area contributed by atoms with E-state index in [0.29, 0.717) is 5.75 Å². The summed E-state index contributed by atoms with van der Waals surface area (Å²) in [7, 11) is 0. The zero-order valence-corrected chi connectivity index (χ0v) is 13.6. The normalized spacial score (nSPS) is 10.4. The van der Waals surface area contributed by atoms with E-state index in [1.165, 1.54) is 16.7 Å². The average Bonchev–Trinajstić information content (AvgIpc) is 2.37. The number of carbonyl (C=O) groups is 1. The molecule has 0 saturated heterocycles. The first kappa shape index (κ1) is 15.6. The summed E-state index contributed by atoms with van der Waals surface area (Å²) in [4.78, 5) is 11.9. The topological polar surface area (TPSA) is 29.1 Å². The van der Waals surface area contributed by atoms with Crippen molar-refractivity contribution < 1.29 is 4.79 Å². The predicted molar refractivity (Wildman–Crippen MR) is 91.9 cm³/mol. The van der Waals surface area contributed by atoms with Gasteiger partial charge in [-0.3, -0.25) is 4.79 Å². The van der Waals surface area contributed by atoms with E-state index in [4.69, 9.17) is 0 Å². The Balaban J connectivity index is 1.81. The van der Waals surface area contributed by atoms with Crippen LogP contribution < -0.4 is 5.32 Å². The molecule has 21 heavy (non-hydrogen) atoms. The molecule has 0 saturated carbocycles. The molecule has 0 heterocycles. The van der Waals surface area contributed by atoms with Gasteiger partial charge >= 0.3 is 0 Å². The van der Waals surface area contributed by atoms with Gasteiger partial charge in [-0.15, -0.1) is 11.8 Å². The standard InChI is InChI=1S/C18H21NOS/c1-13-5-4-6-17(10-13)19-18(20)12-21-11-16-8-14(2)7-15(3)9-16/h4-10H,11-12H2,1-3H3,(H,19,20). The van der Waals surface area contributed by atoms with Gasteiger partial charge in [-0.2, -0.15) is 0 Å². The molecular formula is C18H21NOS. The van der Waals surface area contributed by atoms with Gasteiger partial charge in [-0.25, -0.2) is 0 Å². The molecule has 0 bridgehead atoms. The van der Waals surface area contributed by atoms with E-state index < -0.39 is 0 Å². The molecule has 0 aliphatic heterocycles. The van der Waals surface area contributed by atoms with Crippen molar-refractivity contribution in [1.82, 2.24) is 0 Å². The zero-order chi connectivity index (χ0) is 15.2. The number of thioether (sulfide) groups is 1. The van der Waals surface area contributed by atoms with Gasteiger partial charge in [-0.05, 0) is 44.0 Å². The molecule has 0 aromatic heterocycles. The van der Waals surface area contributed by atoms with Crippen LogP contribution in [0.15, 0.2) is 42.5 Å². The van der Waals surface area contributed by atoms with Gasteiger partial charge in [0.1, 0.15) is 0 Å². The first-order valence-corrected chi connectivity index (χ1v) is 8.20. The maximum atomic E-state index is 11.9. The molecule has 0 aliphatic rings. The Labute approximate surface area is 131 Å². The summed E-state index contributed by atoms with van der Waals surface area (Å²) in [6.45, 7) is 6.22. The van der Waals surface area contributed by atoms with Gasteiger partial charge in [-0.1, -0.05) is 41.5 Å². The third-order valence-corrected chi connectivity index (χ3v) is 4.09. The first-order valence-electron chi connectivity index (χ1n) is 7.04. The van der Waals surface area contributed by atoms with E-state index in [9.17, 15) is 4.79 Å².